The lowest BCUT2D eigenvalue weighted by Crippen LogP contribution is -1.86. The first-order valence-electron chi connectivity index (χ1n) is 8.15. The highest BCUT2D eigenvalue weighted by molar-refractivity contribution is 5.94. The molecule has 0 bridgehead atoms. The van der Waals surface area contributed by atoms with Crippen LogP contribution in [0.2, 0.25) is 0 Å². The first-order chi connectivity index (χ1) is 12.8. The molecule has 5 aromatic rings. The quantitative estimate of drug-likeness (QED) is 0.491. The summed E-state index contributed by atoms with van der Waals surface area (Å²) < 4.78 is 13.0. The highest BCUT2D eigenvalue weighted by atomic mass is 16.5. The molecule has 1 aromatic carbocycles. The lowest BCUT2D eigenvalue weighted by Gasteiger charge is -2.00. The van der Waals surface area contributed by atoms with Crippen LogP contribution in [0.25, 0.3) is 39.3 Å². The standard InChI is InChI=1S/C20H14N4O2/c1-25-15-6-4-13(5-7-15)18-11-16-17(26-18)8-10-24-20(16)22-19(23-24)14-3-2-9-21-12-14/h2-12H,1H3. The van der Waals surface area contributed by atoms with E-state index in [1.165, 1.54) is 0 Å². The lowest BCUT2D eigenvalue weighted by atomic mass is 10.1. The Morgan fingerprint density at radius 1 is 1.04 bits per heavy atom. The van der Waals surface area contributed by atoms with E-state index in [0.717, 1.165) is 39.3 Å². The molecule has 0 aliphatic heterocycles. The van der Waals surface area contributed by atoms with Gasteiger partial charge in [0.2, 0.25) is 0 Å². The minimum absolute atomic E-state index is 0.637. The van der Waals surface area contributed by atoms with E-state index in [9.17, 15) is 0 Å². The Labute approximate surface area is 148 Å². The molecule has 0 fully saturated rings. The molecule has 0 amide bonds. The monoisotopic (exact) mass is 342 g/mol. The summed E-state index contributed by atoms with van der Waals surface area (Å²) in [5, 5.41) is 5.46. The molecule has 4 aromatic heterocycles. The van der Waals surface area contributed by atoms with Crippen LogP contribution in [0.1, 0.15) is 0 Å². The summed E-state index contributed by atoms with van der Waals surface area (Å²) in [6.07, 6.45) is 5.34. The molecule has 126 valence electrons. The molecule has 0 radical (unpaired) electrons. The molecule has 4 heterocycles. The minimum atomic E-state index is 0.637. The second kappa shape index (κ2) is 5.70. The SMILES string of the molecule is COc1ccc(-c2cc3c(ccn4nc(-c5cccnc5)nc34)o2)cc1. The predicted molar refractivity (Wildman–Crippen MR) is 98.0 cm³/mol. The van der Waals surface area contributed by atoms with Crippen molar-refractivity contribution in [2.75, 3.05) is 7.11 Å². The van der Waals surface area contributed by atoms with Crippen LogP contribution in [-0.4, -0.2) is 26.7 Å². The lowest BCUT2D eigenvalue weighted by molar-refractivity contribution is 0.415. The van der Waals surface area contributed by atoms with Gasteiger partial charge in [0.25, 0.3) is 0 Å². The van der Waals surface area contributed by atoms with E-state index >= 15 is 0 Å². The maximum absolute atomic E-state index is 6.02. The molecule has 0 aliphatic carbocycles. The molecule has 6 nitrogen and oxygen atoms in total. The number of hydrogen-bond donors (Lipinski definition) is 0. The Bertz CT molecular complexity index is 1210. The van der Waals surface area contributed by atoms with Crippen LogP contribution in [0.4, 0.5) is 0 Å². The summed E-state index contributed by atoms with van der Waals surface area (Å²) in [6.45, 7) is 0. The van der Waals surface area contributed by atoms with Crippen molar-refractivity contribution in [3.05, 3.63) is 67.1 Å². The number of fused-ring (bicyclic) bond motifs is 3. The van der Waals surface area contributed by atoms with Crippen molar-refractivity contribution >= 4 is 16.6 Å². The van der Waals surface area contributed by atoms with Gasteiger partial charge in [-0.3, -0.25) is 4.98 Å². The number of pyridine rings is 2. The van der Waals surface area contributed by atoms with Gasteiger partial charge in [-0.15, -0.1) is 5.10 Å². The van der Waals surface area contributed by atoms with E-state index in [-0.39, 0.29) is 0 Å². The summed E-state index contributed by atoms with van der Waals surface area (Å²) >= 11 is 0. The van der Waals surface area contributed by atoms with Crippen molar-refractivity contribution in [3.63, 3.8) is 0 Å². The summed E-state index contributed by atoms with van der Waals surface area (Å²) in [4.78, 5) is 8.81. The van der Waals surface area contributed by atoms with E-state index in [2.05, 4.69) is 15.1 Å². The minimum Gasteiger partial charge on any atom is -0.497 e. The van der Waals surface area contributed by atoms with E-state index < -0.39 is 0 Å². The van der Waals surface area contributed by atoms with Crippen LogP contribution in [0.15, 0.2) is 71.5 Å². The third kappa shape index (κ3) is 2.31. The largest absolute Gasteiger partial charge is 0.497 e. The number of nitrogens with zero attached hydrogens (tertiary/aromatic N) is 4. The summed E-state index contributed by atoms with van der Waals surface area (Å²) in [5.41, 5.74) is 3.38. The van der Waals surface area contributed by atoms with Gasteiger partial charge in [0.15, 0.2) is 11.5 Å². The number of furan rings is 1. The highest BCUT2D eigenvalue weighted by Crippen LogP contribution is 2.31. The fraction of sp³-hybridized carbons (Fsp3) is 0.0500. The number of methoxy groups -OCH3 is 1. The third-order valence-electron chi connectivity index (χ3n) is 4.29. The zero-order valence-electron chi connectivity index (χ0n) is 14.0. The summed E-state index contributed by atoms with van der Waals surface area (Å²) in [7, 11) is 1.65. The highest BCUT2D eigenvalue weighted by Gasteiger charge is 2.14. The van der Waals surface area contributed by atoms with Crippen molar-refractivity contribution < 1.29 is 9.15 Å². The van der Waals surface area contributed by atoms with Gasteiger partial charge in [-0.05, 0) is 48.5 Å². The Morgan fingerprint density at radius 2 is 1.92 bits per heavy atom. The van der Waals surface area contributed by atoms with Crippen molar-refractivity contribution in [1.29, 1.82) is 0 Å². The Balaban J connectivity index is 1.65. The Hall–Kier alpha value is -3.67. The van der Waals surface area contributed by atoms with Gasteiger partial charge in [-0.1, -0.05) is 0 Å². The molecular formula is C20H14N4O2. The molecule has 26 heavy (non-hydrogen) atoms. The van der Waals surface area contributed by atoms with Crippen LogP contribution < -0.4 is 4.74 Å². The van der Waals surface area contributed by atoms with Gasteiger partial charge in [0.05, 0.1) is 12.5 Å². The molecular weight excluding hydrogens is 328 g/mol. The van der Waals surface area contributed by atoms with Gasteiger partial charge < -0.3 is 9.15 Å². The van der Waals surface area contributed by atoms with Gasteiger partial charge in [0, 0.05) is 29.7 Å². The molecule has 0 spiro atoms. The van der Waals surface area contributed by atoms with Gasteiger partial charge in [0.1, 0.15) is 17.1 Å². The fourth-order valence-electron chi connectivity index (χ4n) is 2.97. The van der Waals surface area contributed by atoms with Crippen LogP contribution >= 0.6 is 0 Å². The van der Waals surface area contributed by atoms with Gasteiger partial charge in [-0.25, -0.2) is 9.50 Å². The first-order valence-corrected chi connectivity index (χ1v) is 8.15. The van der Waals surface area contributed by atoms with Crippen molar-refractivity contribution in [2.45, 2.75) is 0 Å². The van der Waals surface area contributed by atoms with E-state index in [4.69, 9.17) is 9.15 Å². The molecule has 0 aliphatic rings. The van der Waals surface area contributed by atoms with Crippen LogP contribution in [0.5, 0.6) is 5.75 Å². The van der Waals surface area contributed by atoms with Crippen LogP contribution in [0, 0.1) is 0 Å². The molecule has 6 heteroatoms. The maximum atomic E-state index is 6.02. The number of hydrogen-bond acceptors (Lipinski definition) is 5. The molecule has 0 saturated heterocycles. The molecule has 0 unspecified atom stereocenters. The zero-order chi connectivity index (χ0) is 17.5. The van der Waals surface area contributed by atoms with Crippen molar-refractivity contribution in [2.24, 2.45) is 0 Å². The summed E-state index contributed by atoms with van der Waals surface area (Å²) in [6, 6.07) is 15.5. The van der Waals surface area contributed by atoms with Crippen molar-refractivity contribution in [3.8, 4) is 28.5 Å². The first kappa shape index (κ1) is 14.7. The van der Waals surface area contributed by atoms with Crippen LogP contribution in [0.3, 0.4) is 0 Å². The number of benzene rings is 1. The second-order valence-electron chi connectivity index (χ2n) is 5.88. The van der Waals surface area contributed by atoms with Gasteiger partial charge in [-0.2, -0.15) is 0 Å². The molecule has 0 saturated carbocycles. The van der Waals surface area contributed by atoms with Gasteiger partial charge >= 0.3 is 0 Å². The predicted octanol–water partition coefficient (Wildman–Crippen LogP) is 4.21. The Kier molecular flexibility index (Phi) is 3.21. The number of aromatic nitrogens is 4. The molecule has 0 N–H and O–H groups in total. The number of rotatable bonds is 3. The zero-order valence-corrected chi connectivity index (χ0v) is 14.0. The third-order valence-corrected chi connectivity index (χ3v) is 4.29. The van der Waals surface area contributed by atoms with E-state index in [0.29, 0.717) is 5.82 Å². The average molecular weight is 342 g/mol. The van der Waals surface area contributed by atoms with E-state index in [1.54, 1.807) is 24.0 Å². The van der Waals surface area contributed by atoms with Crippen LogP contribution in [-0.2, 0) is 0 Å². The smallest absolute Gasteiger partial charge is 0.183 e. The molecule has 0 atom stereocenters. The Morgan fingerprint density at radius 3 is 2.69 bits per heavy atom. The van der Waals surface area contributed by atoms with Crippen molar-refractivity contribution in [1.82, 2.24) is 19.6 Å². The number of ether oxygens (including phenoxy) is 1. The second-order valence-corrected chi connectivity index (χ2v) is 5.88. The fourth-order valence-corrected chi connectivity index (χ4v) is 2.97. The molecule has 5 rings (SSSR count). The van der Waals surface area contributed by atoms with E-state index in [1.807, 2.05) is 54.7 Å². The summed E-state index contributed by atoms with van der Waals surface area (Å²) in [5.74, 6) is 2.23. The maximum Gasteiger partial charge on any atom is 0.183 e. The normalized spacial score (nSPS) is 11.3. The topological polar surface area (TPSA) is 65.5 Å². The average Bonchev–Trinajstić information content (AvgIpc) is 3.32.